The zero-order valence-electron chi connectivity index (χ0n) is 9.98. The molecule has 0 N–H and O–H groups in total. The van der Waals surface area contributed by atoms with Crippen LogP contribution in [0.4, 0.5) is 0 Å². The number of carboxylic acids is 4. The van der Waals surface area contributed by atoms with Crippen molar-refractivity contribution in [3.8, 4) is 0 Å². The van der Waals surface area contributed by atoms with Gasteiger partial charge in [-0.2, -0.15) is 0 Å². The van der Waals surface area contributed by atoms with Crippen molar-refractivity contribution in [3.63, 3.8) is 0 Å². The third-order valence-corrected chi connectivity index (χ3v) is 0. The van der Waals surface area contributed by atoms with Crippen LogP contribution < -0.4 is 20.4 Å². The second-order valence-corrected chi connectivity index (χ2v) is 1.97. The molecule has 0 unspecified atom stereocenters. The molecule has 0 bridgehead atoms. The number of carboxylic acid groups (broad SMARTS) is 4. The van der Waals surface area contributed by atoms with Gasteiger partial charge in [0.15, 0.2) is 0 Å². The van der Waals surface area contributed by atoms with Crippen LogP contribution in [0.25, 0.3) is 0 Å². The van der Waals surface area contributed by atoms with Crippen LogP contribution in [0, 0.1) is 0 Å². The quantitative estimate of drug-likeness (QED) is 0.393. The first-order valence-electron chi connectivity index (χ1n) is 3.63. The third-order valence-electron chi connectivity index (χ3n) is 0. The van der Waals surface area contributed by atoms with Gasteiger partial charge in [0.2, 0.25) is 0 Å². The van der Waals surface area contributed by atoms with E-state index < -0.39 is 23.9 Å². The molecule has 2 radical (unpaired) electrons. The molecular formula is C8H12CoMnO8. The first kappa shape index (κ1) is 36.0. The summed E-state index contributed by atoms with van der Waals surface area (Å²) in [7, 11) is 0. The van der Waals surface area contributed by atoms with Crippen LogP contribution in [0.5, 0.6) is 0 Å². The Balaban J connectivity index is -0.0000000257. The summed E-state index contributed by atoms with van der Waals surface area (Å²) in [4.78, 5) is 35.6. The van der Waals surface area contributed by atoms with Crippen LogP contribution in [-0.2, 0) is 53.0 Å². The molecule has 0 heterocycles. The third kappa shape index (κ3) is 2410. The van der Waals surface area contributed by atoms with Crippen LogP contribution in [0.2, 0.25) is 0 Å². The Labute approximate surface area is 125 Å². The van der Waals surface area contributed by atoms with Crippen molar-refractivity contribution in [2.24, 2.45) is 0 Å². The minimum Gasteiger partial charge on any atom is -0.550 e. The van der Waals surface area contributed by atoms with Crippen LogP contribution in [0.3, 0.4) is 0 Å². The Hall–Kier alpha value is -1.09. The van der Waals surface area contributed by atoms with Gasteiger partial charge < -0.3 is 39.6 Å². The molecule has 0 aromatic rings. The second kappa shape index (κ2) is 29.7. The zero-order valence-corrected chi connectivity index (χ0v) is 12.2. The summed E-state index contributed by atoms with van der Waals surface area (Å²) in [5.74, 6) is -4.33. The minimum absolute atomic E-state index is 0. The van der Waals surface area contributed by atoms with Gasteiger partial charge in [-0.25, -0.2) is 0 Å². The summed E-state index contributed by atoms with van der Waals surface area (Å²) in [5.41, 5.74) is 0. The van der Waals surface area contributed by atoms with Crippen molar-refractivity contribution in [2.75, 3.05) is 0 Å². The summed E-state index contributed by atoms with van der Waals surface area (Å²) in [6.07, 6.45) is 0. The van der Waals surface area contributed by atoms with Gasteiger partial charge in [-0.05, 0) is 27.7 Å². The van der Waals surface area contributed by atoms with Crippen molar-refractivity contribution in [1.29, 1.82) is 0 Å². The van der Waals surface area contributed by atoms with Gasteiger partial charge in [0.25, 0.3) is 0 Å². The number of hydrogen-bond acceptors (Lipinski definition) is 8. The van der Waals surface area contributed by atoms with E-state index in [0.717, 1.165) is 27.7 Å². The van der Waals surface area contributed by atoms with Crippen LogP contribution in [0.15, 0.2) is 0 Å². The SMILES string of the molecule is CC(=O)[O-].CC(=O)[O-].CC(=O)[O-].CC(=O)[O-].[Co+2].[Mn+2]. The van der Waals surface area contributed by atoms with E-state index in [2.05, 4.69) is 0 Å². The first-order chi connectivity index (χ1) is 6.93. The molecule has 0 aromatic carbocycles. The Bertz CT molecular complexity index is 167. The average Bonchev–Trinajstić information content (AvgIpc) is 1.76. The standard InChI is InChI=1S/4C2H4O2.Co.Mn/c4*1-2(3)4;;/h4*1H3,(H,3,4);;/q;;;;2*+2/p-4. The van der Waals surface area contributed by atoms with Gasteiger partial charge in [-0.3, -0.25) is 0 Å². The van der Waals surface area contributed by atoms with Gasteiger partial charge >= 0.3 is 33.8 Å². The van der Waals surface area contributed by atoms with E-state index in [0.29, 0.717) is 0 Å². The second-order valence-electron chi connectivity index (χ2n) is 1.97. The van der Waals surface area contributed by atoms with Crippen LogP contribution >= 0.6 is 0 Å². The monoisotopic (exact) mass is 350 g/mol. The predicted molar refractivity (Wildman–Crippen MR) is 42.7 cm³/mol. The van der Waals surface area contributed by atoms with Gasteiger partial charge in [0.1, 0.15) is 0 Å². The maximum absolute atomic E-state index is 8.89. The van der Waals surface area contributed by atoms with Crippen LogP contribution in [0.1, 0.15) is 27.7 Å². The molecule has 18 heavy (non-hydrogen) atoms. The summed E-state index contributed by atoms with van der Waals surface area (Å²) in [6, 6.07) is 0. The number of aliphatic carboxylic acids is 4. The van der Waals surface area contributed by atoms with Crippen molar-refractivity contribution < 1.29 is 73.5 Å². The maximum atomic E-state index is 8.89. The van der Waals surface area contributed by atoms with Crippen LogP contribution in [-0.4, -0.2) is 23.9 Å². The largest absolute Gasteiger partial charge is 2.00 e. The molecule has 0 aliphatic carbocycles. The summed E-state index contributed by atoms with van der Waals surface area (Å²) < 4.78 is 0. The van der Waals surface area contributed by atoms with Gasteiger partial charge in [-0.15, -0.1) is 0 Å². The molecule has 0 amide bonds. The average molecular weight is 350 g/mol. The van der Waals surface area contributed by atoms with E-state index in [1.54, 1.807) is 0 Å². The fraction of sp³-hybridized carbons (Fsp3) is 0.500. The molecule has 0 atom stereocenters. The Morgan fingerprint density at radius 3 is 0.556 bits per heavy atom. The number of carbonyl (C=O) groups excluding carboxylic acids is 4. The number of hydrogen-bond donors (Lipinski definition) is 0. The summed E-state index contributed by atoms with van der Waals surface area (Å²) in [5, 5.41) is 35.6. The number of carbonyl (C=O) groups is 4. The summed E-state index contributed by atoms with van der Waals surface area (Å²) in [6.45, 7) is 3.89. The zero-order chi connectivity index (χ0) is 14.3. The molecule has 0 saturated heterocycles. The fourth-order valence-corrected chi connectivity index (χ4v) is 0. The van der Waals surface area contributed by atoms with E-state index in [1.165, 1.54) is 0 Å². The molecule has 0 saturated carbocycles. The van der Waals surface area contributed by atoms with Gasteiger partial charge in [0.05, 0.1) is 0 Å². The predicted octanol–water partition coefficient (Wildman–Crippen LogP) is -4.98. The van der Waals surface area contributed by atoms with E-state index >= 15 is 0 Å². The van der Waals surface area contributed by atoms with Crippen molar-refractivity contribution in [3.05, 3.63) is 0 Å². The first-order valence-corrected chi connectivity index (χ1v) is 3.63. The molecule has 0 rings (SSSR count). The molecule has 0 spiro atoms. The topological polar surface area (TPSA) is 161 Å². The fourth-order valence-electron chi connectivity index (χ4n) is 0. The molecule has 108 valence electrons. The van der Waals surface area contributed by atoms with E-state index in [9.17, 15) is 0 Å². The van der Waals surface area contributed by atoms with Gasteiger partial charge in [-0.1, -0.05) is 0 Å². The van der Waals surface area contributed by atoms with E-state index in [-0.39, 0.29) is 33.8 Å². The molecular weight excluding hydrogens is 338 g/mol. The van der Waals surface area contributed by atoms with E-state index in [1.807, 2.05) is 0 Å². The van der Waals surface area contributed by atoms with Gasteiger partial charge in [0, 0.05) is 23.9 Å². The van der Waals surface area contributed by atoms with Crippen molar-refractivity contribution in [2.45, 2.75) is 27.7 Å². The minimum atomic E-state index is -1.08. The Kier molecular flexibility index (Phi) is 59.4. The Morgan fingerprint density at radius 1 is 0.556 bits per heavy atom. The maximum Gasteiger partial charge on any atom is 2.00 e. The van der Waals surface area contributed by atoms with E-state index in [4.69, 9.17) is 39.6 Å². The van der Waals surface area contributed by atoms with Crippen molar-refractivity contribution >= 4 is 23.9 Å². The molecule has 0 aliphatic rings. The van der Waals surface area contributed by atoms with Crippen molar-refractivity contribution in [1.82, 2.24) is 0 Å². The Morgan fingerprint density at radius 2 is 0.556 bits per heavy atom. The molecule has 10 heteroatoms. The smallest absolute Gasteiger partial charge is 0.550 e. The molecule has 0 fully saturated rings. The normalized spacial score (nSPS) is 5.56. The molecule has 8 nitrogen and oxygen atoms in total. The number of rotatable bonds is 0. The molecule has 0 aliphatic heterocycles. The molecule has 0 aromatic heterocycles. The summed E-state index contributed by atoms with van der Waals surface area (Å²) >= 11 is 0.